The third kappa shape index (κ3) is 2.76. The van der Waals surface area contributed by atoms with Gasteiger partial charge in [-0.1, -0.05) is 24.3 Å². The van der Waals surface area contributed by atoms with Crippen LogP contribution >= 0.6 is 0 Å². The monoisotopic (exact) mass is 361 g/mol. The number of hydrogen-bond acceptors (Lipinski definition) is 2. The fraction of sp³-hybridized carbons (Fsp3) is 0.304. The summed E-state index contributed by atoms with van der Waals surface area (Å²) < 4.78 is 2.26. The summed E-state index contributed by atoms with van der Waals surface area (Å²) in [6.07, 6.45) is 1.45. The number of carboxylic acid groups (broad SMARTS) is 1. The van der Waals surface area contributed by atoms with E-state index in [1.165, 1.54) is 11.3 Å². The van der Waals surface area contributed by atoms with Gasteiger partial charge in [-0.3, -0.25) is 9.59 Å². The number of fused-ring (bicyclic) bond motifs is 1. The minimum Gasteiger partial charge on any atom is -0.481 e. The molecule has 0 unspecified atom stereocenters. The van der Waals surface area contributed by atoms with Crippen LogP contribution in [0.1, 0.15) is 52.5 Å². The van der Waals surface area contributed by atoms with Crippen molar-refractivity contribution in [3.8, 4) is 0 Å². The second-order valence-corrected chi connectivity index (χ2v) is 7.67. The van der Waals surface area contributed by atoms with Gasteiger partial charge in [-0.25, -0.2) is 0 Å². The highest BCUT2D eigenvalue weighted by Crippen LogP contribution is 2.48. The number of carboxylic acids is 1. The molecule has 1 heterocycles. The van der Waals surface area contributed by atoms with Crippen molar-refractivity contribution >= 4 is 22.7 Å². The predicted octanol–water partition coefficient (Wildman–Crippen LogP) is 4.63. The van der Waals surface area contributed by atoms with Gasteiger partial charge in [0, 0.05) is 28.7 Å². The van der Waals surface area contributed by atoms with Crippen molar-refractivity contribution in [2.24, 2.45) is 0 Å². The lowest BCUT2D eigenvalue weighted by atomic mass is 9.95. The van der Waals surface area contributed by atoms with Crippen molar-refractivity contribution < 1.29 is 14.7 Å². The number of Topliss-reactive ketones (excluding diaryl/α,β-unsaturated/α-hetero) is 1. The molecule has 1 N–H and O–H groups in total. The van der Waals surface area contributed by atoms with E-state index in [4.69, 9.17) is 0 Å². The van der Waals surface area contributed by atoms with Crippen molar-refractivity contribution in [1.82, 2.24) is 4.57 Å². The lowest BCUT2D eigenvalue weighted by Crippen LogP contribution is -2.19. The molecular weight excluding hydrogens is 338 g/mol. The van der Waals surface area contributed by atoms with E-state index in [9.17, 15) is 14.7 Å². The second kappa shape index (κ2) is 6.08. The molecule has 4 nitrogen and oxygen atoms in total. The van der Waals surface area contributed by atoms with Gasteiger partial charge in [0.2, 0.25) is 0 Å². The third-order valence-electron chi connectivity index (χ3n) is 6.05. The second-order valence-electron chi connectivity index (χ2n) is 7.67. The number of hydrogen-bond donors (Lipinski definition) is 1. The zero-order valence-electron chi connectivity index (χ0n) is 15.9. The summed E-state index contributed by atoms with van der Waals surface area (Å²) in [5.74, 6) is -0.649. The van der Waals surface area contributed by atoms with Crippen LogP contribution in [0.4, 0.5) is 0 Å². The topological polar surface area (TPSA) is 59.3 Å². The summed E-state index contributed by atoms with van der Waals surface area (Å²) in [6.45, 7) is 6.49. The quantitative estimate of drug-likeness (QED) is 0.674. The number of aryl methyl sites for hydroxylation is 1. The molecule has 4 heteroatoms. The third-order valence-corrected chi connectivity index (χ3v) is 6.05. The van der Waals surface area contributed by atoms with Gasteiger partial charge in [0.05, 0.1) is 5.41 Å². The van der Waals surface area contributed by atoms with E-state index < -0.39 is 11.4 Å². The number of ketones is 1. The molecule has 3 aromatic rings. The number of nitrogens with zero attached hydrogens (tertiary/aromatic N) is 1. The van der Waals surface area contributed by atoms with Crippen molar-refractivity contribution in [1.29, 1.82) is 0 Å². The molecule has 1 aliphatic carbocycles. The van der Waals surface area contributed by atoms with E-state index in [-0.39, 0.29) is 5.78 Å². The Morgan fingerprint density at radius 1 is 1.07 bits per heavy atom. The van der Waals surface area contributed by atoms with E-state index in [0.29, 0.717) is 0 Å². The lowest BCUT2D eigenvalue weighted by molar-refractivity contribution is -0.140. The molecule has 4 rings (SSSR count). The summed E-state index contributed by atoms with van der Waals surface area (Å²) in [5.41, 5.74) is 5.59. The molecule has 1 saturated carbocycles. The Balaban J connectivity index is 1.69. The smallest absolute Gasteiger partial charge is 0.314 e. The highest BCUT2D eigenvalue weighted by molar-refractivity contribution is 5.99. The van der Waals surface area contributed by atoms with Crippen LogP contribution in [0, 0.1) is 13.8 Å². The normalized spacial score (nSPS) is 15.1. The summed E-state index contributed by atoms with van der Waals surface area (Å²) in [5, 5.41) is 10.6. The summed E-state index contributed by atoms with van der Waals surface area (Å²) in [7, 11) is 0. The van der Waals surface area contributed by atoms with E-state index in [1.807, 2.05) is 42.5 Å². The minimum atomic E-state index is -0.723. The molecule has 0 amide bonds. The van der Waals surface area contributed by atoms with E-state index in [1.54, 1.807) is 6.92 Å². The SMILES string of the molecule is CC(=O)c1ccc2c(c1)c(C)c(C)n2Cc1ccc(C2(C(=O)O)CC2)cc1. The molecule has 1 aromatic heterocycles. The molecule has 1 aliphatic rings. The Morgan fingerprint density at radius 2 is 1.74 bits per heavy atom. The standard InChI is InChI=1S/C23H23NO3/c1-14-15(2)24(21-9-6-18(16(3)25)12-20(14)21)13-17-4-7-19(8-5-17)23(10-11-23)22(26)27/h4-9,12H,10-11,13H2,1-3H3,(H,26,27). The largest absolute Gasteiger partial charge is 0.481 e. The molecule has 0 spiro atoms. The number of rotatable bonds is 5. The lowest BCUT2D eigenvalue weighted by Gasteiger charge is -2.13. The maximum Gasteiger partial charge on any atom is 0.314 e. The number of carbonyl (C=O) groups is 2. The first-order chi connectivity index (χ1) is 12.8. The van der Waals surface area contributed by atoms with Gasteiger partial charge in [0.1, 0.15) is 0 Å². The number of benzene rings is 2. The van der Waals surface area contributed by atoms with Crippen LogP contribution in [-0.4, -0.2) is 21.4 Å². The van der Waals surface area contributed by atoms with E-state index >= 15 is 0 Å². The fourth-order valence-corrected chi connectivity index (χ4v) is 3.94. The first-order valence-electron chi connectivity index (χ1n) is 9.27. The Bertz CT molecular complexity index is 1070. The molecule has 0 aliphatic heterocycles. The van der Waals surface area contributed by atoms with E-state index in [2.05, 4.69) is 18.4 Å². The van der Waals surface area contributed by atoms with Crippen LogP contribution in [0.5, 0.6) is 0 Å². The highest BCUT2D eigenvalue weighted by Gasteiger charge is 2.51. The van der Waals surface area contributed by atoms with Gasteiger partial charge in [0.15, 0.2) is 5.78 Å². The fourth-order valence-electron chi connectivity index (χ4n) is 3.94. The van der Waals surface area contributed by atoms with Gasteiger partial charge >= 0.3 is 5.97 Å². The molecule has 0 radical (unpaired) electrons. The molecule has 0 saturated heterocycles. The maximum absolute atomic E-state index is 11.7. The zero-order valence-corrected chi connectivity index (χ0v) is 15.9. The Hall–Kier alpha value is -2.88. The average molecular weight is 361 g/mol. The van der Waals surface area contributed by atoms with Crippen LogP contribution in [0.25, 0.3) is 10.9 Å². The van der Waals surface area contributed by atoms with Crippen molar-refractivity contribution in [3.63, 3.8) is 0 Å². The highest BCUT2D eigenvalue weighted by atomic mass is 16.4. The first-order valence-corrected chi connectivity index (χ1v) is 9.27. The molecule has 27 heavy (non-hydrogen) atoms. The molecule has 138 valence electrons. The zero-order chi connectivity index (χ0) is 19.3. The minimum absolute atomic E-state index is 0.0738. The van der Waals surface area contributed by atoms with Crippen LogP contribution in [0.15, 0.2) is 42.5 Å². The Morgan fingerprint density at radius 3 is 2.30 bits per heavy atom. The van der Waals surface area contributed by atoms with Gasteiger partial charge < -0.3 is 9.67 Å². The van der Waals surface area contributed by atoms with Crippen LogP contribution in [-0.2, 0) is 16.8 Å². The Labute approximate surface area is 158 Å². The van der Waals surface area contributed by atoms with Crippen LogP contribution in [0.2, 0.25) is 0 Å². The van der Waals surface area contributed by atoms with Gasteiger partial charge in [-0.2, -0.15) is 0 Å². The van der Waals surface area contributed by atoms with E-state index in [0.717, 1.165) is 47.0 Å². The number of aliphatic carboxylic acids is 1. The molecule has 0 atom stereocenters. The van der Waals surface area contributed by atoms with Crippen molar-refractivity contribution in [2.75, 3.05) is 0 Å². The van der Waals surface area contributed by atoms with Crippen molar-refractivity contribution in [2.45, 2.75) is 45.6 Å². The Kier molecular flexibility index (Phi) is 3.95. The van der Waals surface area contributed by atoms with Gasteiger partial charge in [-0.05, 0) is 68.5 Å². The summed E-state index contributed by atoms with van der Waals surface area (Å²) in [4.78, 5) is 23.2. The van der Waals surface area contributed by atoms with Gasteiger partial charge in [0.25, 0.3) is 0 Å². The first kappa shape index (κ1) is 17.5. The molecule has 1 fully saturated rings. The predicted molar refractivity (Wildman–Crippen MR) is 106 cm³/mol. The molecular formula is C23H23NO3. The summed E-state index contributed by atoms with van der Waals surface area (Å²) in [6, 6.07) is 13.8. The molecule has 0 bridgehead atoms. The molecule has 2 aromatic carbocycles. The summed E-state index contributed by atoms with van der Waals surface area (Å²) >= 11 is 0. The van der Waals surface area contributed by atoms with Crippen LogP contribution < -0.4 is 0 Å². The average Bonchev–Trinajstić information content (AvgIpc) is 3.43. The van der Waals surface area contributed by atoms with Crippen molar-refractivity contribution in [3.05, 3.63) is 70.4 Å². The maximum atomic E-state index is 11.7. The van der Waals surface area contributed by atoms with Gasteiger partial charge in [-0.15, -0.1) is 0 Å². The van der Waals surface area contributed by atoms with Crippen LogP contribution in [0.3, 0.4) is 0 Å². The number of aromatic nitrogens is 1. The number of carbonyl (C=O) groups excluding carboxylic acids is 1.